The molecule has 0 radical (unpaired) electrons. The Morgan fingerprint density at radius 3 is 1.31 bits per heavy atom. The Labute approximate surface area is 377 Å². The van der Waals surface area contributed by atoms with Crippen LogP contribution in [0.4, 0.5) is 0 Å². The van der Waals surface area contributed by atoms with Crippen molar-refractivity contribution in [2.24, 2.45) is 0 Å². The molecule has 4 nitrogen and oxygen atoms in total. The molecule has 0 N–H and O–H groups in total. The van der Waals surface area contributed by atoms with Gasteiger partial charge in [-0.15, -0.1) is 0 Å². The highest BCUT2D eigenvalue weighted by atomic mass is 16.5. The Kier molecular flexibility index (Phi) is 8.53. The summed E-state index contributed by atoms with van der Waals surface area (Å²) in [4.78, 5) is 0. The van der Waals surface area contributed by atoms with E-state index in [2.05, 4.69) is 246 Å². The van der Waals surface area contributed by atoms with Gasteiger partial charge in [0.15, 0.2) is 0 Å². The fourth-order valence-corrected chi connectivity index (χ4v) is 10.9. The fraction of sp³-hybridized carbons (Fsp3) is 0.0492. The molecule has 0 fully saturated rings. The Balaban J connectivity index is 0.799. The van der Waals surface area contributed by atoms with Crippen molar-refractivity contribution in [1.29, 1.82) is 0 Å². The summed E-state index contributed by atoms with van der Waals surface area (Å²) in [5.74, 6) is 3.24. The number of para-hydroxylation sites is 4. The van der Waals surface area contributed by atoms with E-state index in [0.29, 0.717) is 0 Å². The maximum Gasteiger partial charge on any atom is 0.127 e. The highest BCUT2D eigenvalue weighted by molar-refractivity contribution is 6.09. The smallest absolute Gasteiger partial charge is 0.127 e. The van der Waals surface area contributed by atoms with Gasteiger partial charge in [-0.3, -0.25) is 0 Å². The van der Waals surface area contributed by atoms with Crippen LogP contribution in [0.3, 0.4) is 0 Å². The lowest BCUT2D eigenvalue weighted by Gasteiger charge is -2.34. The van der Waals surface area contributed by atoms with Gasteiger partial charge in [-0.1, -0.05) is 152 Å². The standard InChI is InChI=1S/C61H42N2O2/c1-7-19-55-49(13-1)50-14-2-8-20-56(50)61(55,41-25-33-45(34-26-41)64-47-37-29-43(30-38-47)62-57-21-9-3-15-51(57)52-16-4-10-22-58(52)62)42-27-35-46(36-28-42)65-48-39-31-44(32-40-48)63-59-23-11-5-17-53(59)54-18-6-12-24-60(54)63/h1-31,33-40,44H,32H2. The van der Waals surface area contributed by atoms with Gasteiger partial charge in [0.25, 0.3) is 0 Å². The van der Waals surface area contributed by atoms with Crippen molar-refractivity contribution in [3.8, 4) is 34.1 Å². The van der Waals surface area contributed by atoms with Crippen LogP contribution < -0.4 is 9.47 Å². The number of benzene rings is 9. The van der Waals surface area contributed by atoms with Gasteiger partial charge in [0.05, 0.1) is 22.5 Å². The molecule has 2 aromatic heterocycles. The number of ether oxygens (including phenoxy) is 2. The lowest BCUT2D eigenvalue weighted by Crippen LogP contribution is -2.28. The third-order valence-electron chi connectivity index (χ3n) is 13.7. The first-order valence-electron chi connectivity index (χ1n) is 22.4. The second kappa shape index (κ2) is 14.9. The van der Waals surface area contributed by atoms with Crippen LogP contribution >= 0.6 is 0 Å². The monoisotopic (exact) mass is 834 g/mol. The average Bonchev–Trinajstić information content (AvgIpc) is 4.00. The van der Waals surface area contributed by atoms with E-state index in [1.807, 2.05) is 0 Å². The number of aromatic nitrogens is 2. The van der Waals surface area contributed by atoms with E-state index in [-0.39, 0.29) is 6.04 Å². The molecule has 11 aromatic rings. The molecule has 0 aliphatic heterocycles. The summed E-state index contributed by atoms with van der Waals surface area (Å²) in [6, 6.07) is 78.3. The molecule has 9 aromatic carbocycles. The van der Waals surface area contributed by atoms with E-state index < -0.39 is 5.41 Å². The SMILES string of the molecule is C1=CC(n2c3ccccc3c3ccccc32)CC=C1Oc1ccc(C2(c3ccc(Oc4ccc(-n5c6ccccc6c6ccccc65)cc4)cc3)c3ccccc3-c3ccccc32)cc1. The highest BCUT2D eigenvalue weighted by Gasteiger charge is 2.46. The van der Waals surface area contributed by atoms with Crippen molar-refractivity contribution in [2.75, 3.05) is 0 Å². The van der Waals surface area contributed by atoms with E-state index in [4.69, 9.17) is 9.47 Å². The first-order chi connectivity index (χ1) is 32.2. The van der Waals surface area contributed by atoms with Crippen LogP contribution in [0.5, 0.6) is 17.2 Å². The molecule has 1 unspecified atom stereocenters. The Morgan fingerprint density at radius 1 is 0.400 bits per heavy atom. The topological polar surface area (TPSA) is 28.3 Å². The first kappa shape index (κ1) is 37.2. The number of fused-ring (bicyclic) bond motifs is 9. The highest BCUT2D eigenvalue weighted by Crippen LogP contribution is 2.56. The predicted octanol–water partition coefficient (Wildman–Crippen LogP) is 15.5. The molecular weight excluding hydrogens is 793 g/mol. The maximum absolute atomic E-state index is 6.58. The molecule has 0 amide bonds. The summed E-state index contributed by atoms with van der Waals surface area (Å²) in [6.45, 7) is 0. The van der Waals surface area contributed by atoms with E-state index in [1.165, 1.54) is 77.0 Å². The van der Waals surface area contributed by atoms with Crippen molar-refractivity contribution in [1.82, 2.24) is 9.13 Å². The van der Waals surface area contributed by atoms with Crippen LogP contribution in [0.15, 0.2) is 242 Å². The van der Waals surface area contributed by atoms with Crippen LogP contribution in [-0.2, 0) is 5.41 Å². The van der Waals surface area contributed by atoms with Gasteiger partial charge in [0.1, 0.15) is 23.0 Å². The number of rotatable bonds is 8. The van der Waals surface area contributed by atoms with Gasteiger partial charge in [0, 0.05) is 38.3 Å². The molecule has 0 saturated carbocycles. The molecule has 2 aliphatic carbocycles. The summed E-state index contributed by atoms with van der Waals surface area (Å²) in [5, 5.41) is 5.07. The van der Waals surface area contributed by atoms with Crippen molar-refractivity contribution in [3.63, 3.8) is 0 Å². The Morgan fingerprint density at radius 2 is 0.815 bits per heavy atom. The van der Waals surface area contributed by atoms with Crippen LogP contribution in [0.25, 0.3) is 60.4 Å². The zero-order valence-electron chi connectivity index (χ0n) is 35.5. The second-order valence-electron chi connectivity index (χ2n) is 17.1. The summed E-state index contributed by atoms with van der Waals surface area (Å²) in [7, 11) is 0. The average molecular weight is 835 g/mol. The third-order valence-corrected chi connectivity index (χ3v) is 13.7. The van der Waals surface area contributed by atoms with Crippen LogP contribution in [0.2, 0.25) is 0 Å². The molecule has 1 atom stereocenters. The molecule has 4 heteroatoms. The molecule has 0 spiro atoms. The van der Waals surface area contributed by atoms with E-state index in [9.17, 15) is 0 Å². The lowest BCUT2D eigenvalue weighted by atomic mass is 9.68. The minimum absolute atomic E-state index is 0.200. The normalized spacial score (nSPS) is 15.0. The van der Waals surface area contributed by atoms with Crippen molar-refractivity contribution < 1.29 is 9.47 Å². The maximum atomic E-state index is 6.58. The van der Waals surface area contributed by atoms with Crippen molar-refractivity contribution in [2.45, 2.75) is 17.9 Å². The van der Waals surface area contributed by atoms with E-state index >= 15 is 0 Å². The number of allylic oxidation sites excluding steroid dienone is 3. The first-order valence-corrected chi connectivity index (χ1v) is 22.4. The summed E-state index contributed by atoms with van der Waals surface area (Å²) in [5.41, 5.74) is 12.8. The van der Waals surface area contributed by atoms with Crippen LogP contribution in [0, 0.1) is 0 Å². The van der Waals surface area contributed by atoms with Crippen molar-refractivity contribution in [3.05, 3.63) is 265 Å². The number of hydrogen-bond donors (Lipinski definition) is 0. The zero-order valence-corrected chi connectivity index (χ0v) is 35.5. The van der Waals surface area contributed by atoms with E-state index in [1.54, 1.807) is 0 Å². The quantitative estimate of drug-likeness (QED) is 0.153. The van der Waals surface area contributed by atoms with Gasteiger partial charge in [-0.2, -0.15) is 0 Å². The number of nitrogens with zero attached hydrogens (tertiary/aromatic N) is 2. The van der Waals surface area contributed by atoms with Gasteiger partial charge in [-0.25, -0.2) is 0 Å². The minimum Gasteiger partial charge on any atom is -0.458 e. The minimum atomic E-state index is -0.548. The predicted molar refractivity (Wildman–Crippen MR) is 266 cm³/mol. The van der Waals surface area contributed by atoms with Gasteiger partial charge >= 0.3 is 0 Å². The molecule has 2 heterocycles. The zero-order chi connectivity index (χ0) is 42.9. The van der Waals surface area contributed by atoms with Crippen LogP contribution in [0.1, 0.15) is 34.7 Å². The second-order valence-corrected chi connectivity index (χ2v) is 17.1. The molecule has 13 rings (SSSR count). The summed E-state index contributed by atoms with van der Waals surface area (Å²) in [6.07, 6.45) is 7.47. The van der Waals surface area contributed by atoms with E-state index in [0.717, 1.165) is 35.1 Å². The van der Waals surface area contributed by atoms with Gasteiger partial charge < -0.3 is 18.6 Å². The fourth-order valence-electron chi connectivity index (χ4n) is 10.9. The Bertz CT molecular complexity index is 3530. The molecule has 0 saturated heterocycles. The molecule has 308 valence electrons. The largest absolute Gasteiger partial charge is 0.458 e. The third kappa shape index (κ3) is 5.84. The Hall–Kier alpha value is -8.34. The number of hydrogen-bond acceptors (Lipinski definition) is 2. The molecule has 65 heavy (non-hydrogen) atoms. The summed E-state index contributed by atoms with van der Waals surface area (Å²) >= 11 is 0. The molecule has 2 aliphatic rings. The lowest BCUT2D eigenvalue weighted by molar-refractivity contribution is 0.433. The van der Waals surface area contributed by atoms with Crippen molar-refractivity contribution >= 4 is 43.6 Å². The molecule has 0 bridgehead atoms. The van der Waals surface area contributed by atoms with Crippen LogP contribution in [-0.4, -0.2) is 9.13 Å². The molecular formula is C61H42N2O2. The van der Waals surface area contributed by atoms with Gasteiger partial charge in [0.2, 0.25) is 0 Å². The van der Waals surface area contributed by atoms with Gasteiger partial charge in [-0.05, 0) is 125 Å². The summed E-state index contributed by atoms with van der Waals surface area (Å²) < 4.78 is 17.9.